The molecule has 8 heteroatoms. The van der Waals surface area contributed by atoms with E-state index < -0.39 is 11.9 Å². The highest BCUT2D eigenvalue weighted by Gasteiger charge is 2.33. The van der Waals surface area contributed by atoms with Gasteiger partial charge in [-0.2, -0.15) is 13.2 Å². The largest absolute Gasteiger partial charge is 0.434 e. The Morgan fingerprint density at radius 2 is 1.88 bits per heavy atom. The van der Waals surface area contributed by atoms with Crippen molar-refractivity contribution in [3.8, 4) is 0 Å². The van der Waals surface area contributed by atoms with Crippen molar-refractivity contribution in [1.29, 1.82) is 0 Å². The first-order valence-electron chi connectivity index (χ1n) is 8.49. The van der Waals surface area contributed by atoms with Crippen LogP contribution in [0.3, 0.4) is 0 Å². The van der Waals surface area contributed by atoms with Crippen LogP contribution in [0, 0.1) is 0 Å². The predicted octanol–water partition coefficient (Wildman–Crippen LogP) is 4.24. The fourth-order valence-electron chi connectivity index (χ4n) is 2.38. The molecule has 0 unspecified atom stereocenters. The second-order valence-corrected chi connectivity index (χ2v) is 6.72. The van der Waals surface area contributed by atoms with Gasteiger partial charge in [-0.3, -0.25) is 4.99 Å². The van der Waals surface area contributed by atoms with Crippen LogP contribution in [-0.2, 0) is 19.1 Å². The Morgan fingerprint density at radius 3 is 2.54 bits per heavy atom. The molecule has 1 aromatic carbocycles. The van der Waals surface area contributed by atoms with Gasteiger partial charge in [0.2, 0.25) is 0 Å². The number of nitrogens with zero attached hydrogens (tertiary/aromatic N) is 2. The van der Waals surface area contributed by atoms with E-state index in [1.807, 2.05) is 18.2 Å². The summed E-state index contributed by atoms with van der Waals surface area (Å²) < 4.78 is 37.6. The van der Waals surface area contributed by atoms with Crippen molar-refractivity contribution in [3.63, 3.8) is 0 Å². The quantitative estimate of drug-likeness (QED) is 0.407. The highest BCUT2D eigenvalue weighted by Crippen LogP contribution is 2.29. The average Bonchev–Trinajstić information content (AvgIpc) is 3.11. The number of thiazole rings is 1. The van der Waals surface area contributed by atoms with E-state index in [2.05, 4.69) is 32.7 Å². The number of aryl methyl sites for hydroxylation is 1. The molecule has 2 aromatic rings. The number of hydrogen-bond acceptors (Lipinski definition) is 3. The molecule has 4 nitrogen and oxygen atoms in total. The molecule has 142 valence electrons. The normalized spacial score (nSPS) is 12.2. The summed E-state index contributed by atoms with van der Waals surface area (Å²) in [5, 5.41) is 7.56. The lowest BCUT2D eigenvalue weighted by Crippen LogP contribution is -2.37. The van der Waals surface area contributed by atoms with E-state index in [-0.39, 0.29) is 6.54 Å². The van der Waals surface area contributed by atoms with Gasteiger partial charge < -0.3 is 10.6 Å². The number of rotatable bonds is 8. The summed E-state index contributed by atoms with van der Waals surface area (Å²) >= 11 is 0.985. The van der Waals surface area contributed by atoms with Crippen molar-refractivity contribution in [2.24, 2.45) is 4.99 Å². The first kappa shape index (κ1) is 20.2. The monoisotopic (exact) mass is 384 g/mol. The number of nitrogens with one attached hydrogen (secondary N) is 2. The molecule has 0 spiro atoms. The fraction of sp³-hybridized carbons (Fsp3) is 0.444. The Balaban J connectivity index is 1.61. The molecule has 1 heterocycles. The molecule has 0 aliphatic carbocycles. The first-order valence-corrected chi connectivity index (χ1v) is 9.37. The predicted molar refractivity (Wildman–Crippen MR) is 99.3 cm³/mol. The van der Waals surface area contributed by atoms with E-state index >= 15 is 0 Å². The molecular formula is C18H23F3N4S. The maximum absolute atomic E-state index is 12.5. The van der Waals surface area contributed by atoms with E-state index in [1.54, 1.807) is 7.05 Å². The van der Waals surface area contributed by atoms with Crippen molar-refractivity contribution in [3.05, 3.63) is 52.0 Å². The third kappa shape index (κ3) is 7.03. The number of halogens is 3. The molecule has 0 bridgehead atoms. The van der Waals surface area contributed by atoms with Gasteiger partial charge in [0, 0.05) is 19.0 Å². The van der Waals surface area contributed by atoms with Gasteiger partial charge in [-0.05, 0) is 24.8 Å². The highest BCUT2D eigenvalue weighted by molar-refractivity contribution is 7.09. The number of aliphatic imine (C=N–C) groups is 1. The zero-order valence-electron chi connectivity index (χ0n) is 14.6. The first-order chi connectivity index (χ1) is 12.5. The van der Waals surface area contributed by atoms with Crippen molar-refractivity contribution in [1.82, 2.24) is 15.6 Å². The van der Waals surface area contributed by atoms with Crippen LogP contribution < -0.4 is 10.6 Å². The van der Waals surface area contributed by atoms with Gasteiger partial charge in [0.15, 0.2) is 11.7 Å². The number of unbranched alkanes of at least 4 members (excludes halogenated alkanes) is 2. The molecule has 0 radical (unpaired) electrons. The Kier molecular flexibility index (Phi) is 7.90. The summed E-state index contributed by atoms with van der Waals surface area (Å²) in [5.74, 6) is 0.566. The second kappa shape index (κ2) is 10.2. The van der Waals surface area contributed by atoms with Crippen molar-refractivity contribution < 1.29 is 13.2 Å². The summed E-state index contributed by atoms with van der Waals surface area (Å²) in [4.78, 5) is 7.66. The SMILES string of the molecule is CN=C(NCCCCCc1ccccc1)NCc1nc(C(F)(F)F)cs1. The molecule has 26 heavy (non-hydrogen) atoms. The number of benzene rings is 1. The zero-order valence-corrected chi connectivity index (χ0v) is 15.5. The summed E-state index contributed by atoms with van der Waals surface area (Å²) in [7, 11) is 1.63. The minimum Gasteiger partial charge on any atom is -0.356 e. The molecule has 0 saturated heterocycles. The summed E-state index contributed by atoms with van der Waals surface area (Å²) in [5.41, 5.74) is 0.500. The lowest BCUT2D eigenvalue weighted by Gasteiger charge is -2.10. The van der Waals surface area contributed by atoms with Crippen molar-refractivity contribution in [2.75, 3.05) is 13.6 Å². The van der Waals surface area contributed by atoms with E-state index in [0.717, 1.165) is 48.9 Å². The van der Waals surface area contributed by atoms with Gasteiger partial charge in [-0.15, -0.1) is 11.3 Å². The number of hydrogen-bond donors (Lipinski definition) is 2. The Bertz CT molecular complexity index is 683. The highest BCUT2D eigenvalue weighted by atomic mass is 32.1. The lowest BCUT2D eigenvalue weighted by atomic mass is 10.1. The van der Waals surface area contributed by atoms with Crippen LogP contribution in [-0.4, -0.2) is 24.5 Å². The van der Waals surface area contributed by atoms with Crippen molar-refractivity contribution in [2.45, 2.75) is 38.4 Å². The molecule has 0 fully saturated rings. The fourth-order valence-corrected chi connectivity index (χ4v) is 3.13. The third-order valence-electron chi connectivity index (χ3n) is 3.75. The maximum Gasteiger partial charge on any atom is 0.434 e. The molecular weight excluding hydrogens is 361 g/mol. The van der Waals surface area contributed by atoms with Crippen LogP contribution in [0.5, 0.6) is 0 Å². The Labute approximate surface area is 155 Å². The van der Waals surface area contributed by atoms with Gasteiger partial charge in [-0.1, -0.05) is 36.8 Å². The maximum atomic E-state index is 12.5. The minimum absolute atomic E-state index is 0.217. The van der Waals surface area contributed by atoms with E-state index in [0.29, 0.717) is 11.0 Å². The molecule has 0 atom stereocenters. The molecule has 0 aliphatic rings. The lowest BCUT2D eigenvalue weighted by molar-refractivity contribution is -0.140. The van der Waals surface area contributed by atoms with Crippen LogP contribution in [0.4, 0.5) is 13.2 Å². The molecule has 1 aromatic heterocycles. The molecule has 2 rings (SSSR count). The smallest absolute Gasteiger partial charge is 0.356 e. The van der Waals surface area contributed by atoms with Gasteiger partial charge in [0.1, 0.15) is 5.01 Å². The van der Waals surface area contributed by atoms with Crippen LogP contribution in [0.2, 0.25) is 0 Å². The van der Waals surface area contributed by atoms with E-state index in [4.69, 9.17) is 0 Å². The minimum atomic E-state index is -4.39. The molecule has 2 N–H and O–H groups in total. The van der Waals surface area contributed by atoms with Gasteiger partial charge in [0.05, 0.1) is 6.54 Å². The summed E-state index contributed by atoms with van der Waals surface area (Å²) in [6.45, 7) is 0.981. The molecule has 0 amide bonds. The number of guanidine groups is 1. The summed E-state index contributed by atoms with van der Waals surface area (Å²) in [6.07, 6.45) is -0.103. The van der Waals surface area contributed by atoms with Crippen LogP contribution >= 0.6 is 11.3 Å². The second-order valence-electron chi connectivity index (χ2n) is 5.77. The van der Waals surface area contributed by atoms with Gasteiger partial charge in [-0.25, -0.2) is 4.98 Å². The zero-order chi connectivity index (χ0) is 18.8. The number of alkyl halides is 3. The Morgan fingerprint density at radius 1 is 1.12 bits per heavy atom. The van der Waals surface area contributed by atoms with E-state index in [1.165, 1.54) is 5.56 Å². The van der Waals surface area contributed by atoms with Gasteiger partial charge >= 0.3 is 6.18 Å². The third-order valence-corrected chi connectivity index (χ3v) is 4.60. The van der Waals surface area contributed by atoms with Crippen LogP contribution in [0.1, 0.15) is 35.5 Å². The van der Waals surface area contributed by atoms with Crippen LogP contribution in [0.15, 0.2) is 40.7 Å². The van der Waals surface area contributed by atoms with Crippen LogP contribution in [0.25, 0.3) is 0 Å². The Hall–Kier alpha value is -2.09. The molecule has 0 aliphatic heterocycles. The topological polar surface area (TPSA) is 49.3 Å². The molecule has 0 saturated carbocycles. The number of aromatic nitrogens is 1. The van der Waals surface area contributed by atoms with E-state index in [9.17, 15) is 13.2 Å². The average molecular weight is 384 g/mol. The van der Waals surface area contributed by atoms with Gasteiger partial charge in [0.25, 0.3) is 0 Å². The summed E-state index contributed by atoms with van der Waals surface area (Å²) in [6, 6.07) is 10.4. The van der Waals surface area contributed by atoms with Crippen molar-refractivity contribution >= 4 is 17.3 Å². The standard InChI is InChI=1S/C18H23F3N4S/c1-22-17(24-12-16-25-15(13-26-16)18(19,20)21)23-11-7-3-6-10-14-8-4-2-5-9-14/h2,4-5,8-9,13H,3,6-7,10-12H2,1H3,(H2,22,23,24).